The molecule has 1 saturated heterocycles. The van der Waals surface area contributed by atoms with Crippen LogP contribution in [0.3, 0.4) is 0 Å². The summed E-state index contributed by atoms with van der Waals surface area (Å²) in [6.45, 7) is 7.78. The molecule has 0 atom stereocenters. The third kappa shape index (κ3) is 4.97. The van der Waals surface area contributed by atoms with Crippen LogP contribution in [0.5, 0.6) is 11.5 Å². The Balaban J connectivity index is 1.42. The second-order valence-electron chi connectivity index (χ2n) is 7.66. The zero-order valence-electron chi connectivity index (χ0n) is 15.7. The molecule has 2 heterocycles. The number of Topliss-reactive ketones (excluding diaryl/α,β-unsaturated/α-hetero) is 1. The highest BCUT2D eigenvalue weighted by Crippen LogP contribution is 2.35. The standard InChI is InChI=1S/C20H28N2O4/c1-20(2)13-17(23)16-12-15(6-7-18(16)26-20)25-14-19(24)21-8-5-11-22-9-3-4-10-22/h6-7,12H,3-5,8-11,13-14H2,1-2H3,(H,21,24). The molecule has 0 aliphatic carbocycles. The molecular formula is C20H28N2O4. The van der Waals surface area contributed by atoms with Crippen molar-refractivity contribution in [2.75, 3.05) is 32.8 Å². The zero-order valence-corrected chi connectivity index (χ0v) is 15.7. The lowest BCUT2D eigenvalue weighted by Gasteiger charge is -2.31. The van der Waals surface area contributed by atoms with Gasteiger partial charge in [-0.2, -0.15) is 0 Å². The minimum atomic E-state index is -0.485. The summed E-state index contributed by atoms with van der Waals surface area (Å²) in [4.78, 5) is 26.6. The van der Waals surface area contributed by atoms with Crippen molar-refractivity contribution >= 4 is 11.7 Å². The molecule has 0 spiro atoms. The van der Waals surface area contributed by atoms with Crippen LogP contribution in [0.25, 0.3) is 0 Å². The first kappa shape index (κ1) is 18.7. The van der Waals surface area contributed by atoms with E-state index in [1.54, 1.807) is 18.2 Å². The van der Waals surface area contributed by atoms with Crippen molar-refractivity contribution in [1.82, 2.24) is 10.2 Å². The average molecular weight is 360 g/mol. The predicted octanol–water partition coefficient (Wildman–Crippen LogP) is 2.41. The topological polar surface area (TPSA) is 67.9 Å². The second kappa shape index (κ2) is 8.08. The fourth-order valence-electron chi connectivity index (χ4n) is 3.46. The average Bonchev–Trinajstić information content (AvgIpc) is 3.09. The van der Waals surface area contributed by atoms with Gasteiger partial charge in [-0.1, -0.05) is 0 Å². The normalized spacial score (nSPS) is 18.9. The maximum absolute atomic E-state index is 12.3. The number of hydrogen-bond donors (Lipinski definition) is 1. The lowest BCUT2D eigenvalue weighted by molar-refractivity contribution is -0.123. The van der Waals surface area contributed by atoms with Crippen molar-refractivity contribution in [1.29, 1.82) is 0 Å². The lowest BCUT2D eigenvalue weighted by atomic mass is 9.93. The molecule has 0 saturated carbocycles. The number of nitrogens with zero attached hydrogens (tertiary/aromatic N) is 1. The van der Waals surface area contributed by atoms with Gasteiger partial charge in [-0.25, -0.2) is 0 Å². The van der Waals surface area contributed by atoms with Crippen molar-refractivity contribution in [3.63, 3.8) is 0 Å². The predicted molar refractivity (Wildman–Crippen MR) is 98.9 cm³/mol. The molecule has 0 radical (unpaired) electrons. The summed E-state index contributed by atoms with van der Waals surface area (Å²) in [6, 6.07) is 5.12. The van der Waals surface area contributed by atoms with Crippen LogP contribution in [0.2, 0.25) is 0 Å². The van der Waals surface area contributed by atoms with Crippen LogP contribution in [0.15, 0.2) is 18.2 Å². The van der Waals surface area contributed by atoms with Gasteiger partial charge >= 0.3 is 0 Å². The van der Waals surface area contributed by atoms with E-state index in [-0.39, 0.29) is 18.3 Å². The molecule has 1 amide bonds. The quantitative estimate of drug-likeness (QED) is 0.757. The summed E-state index contributed by atoms with van der Waals surface area (Å²) in [5, 5.41) is 2.88. The Morgan fingerprint density at radius 1 is 1.31 bits per heavy atom. The molecule has 0 bridgehead atoms. The molecule has 1 fully saturated rings. The smallest absolute Gasteiger partial charge is 0.257 e. The summed E-state index contributed by atoms with van der Waals surface area (Å²) < 4.78 is 11.4. The van der Waals surface area contributed by atoms with Crippen LogP contribution in [0, 0.1) is 0 Å². The van der Waals surface area contributed by atoms with Crippen LogP contribution >= 0.6 is 0 Å². The number of carbonyl (C=O) groups is 2. The van der Waals surface area contributed by atoms with Gasteiger partial charge in [0.2, 0.25) is 0 Å². The molecule has 2 aliphatic rings. The van der Waals surface area contributed by atoms with E-state index in [1.807, 2.05) is 13.8 Å². The molecule has 1 N–H and O–H groups in total. The highest BCUT2D eigenvalue weighted by atomic mass is 16.5. The number of likely N-dealkylation sites (tertiary alicyclic amines) is 1. The first-order valence-corrected chi connectivity index (χ1v) is 9.41. The van der Waals surface area contributed by atoms with Crippen molar-refractivity contribution in [3.05, 3.63) is 23.8 Å². The molecule has 142 valence electrons. The van der Waals surface area contributed by atoms with Crippen LogP contribution in [-0.4, -0.2) is 55.0 Å². The molecule has 1 aromatic carbocycles. The van der Waals surface area contributed by atoms with Gasteiger partial charge < -0.3 is 19.7 Å². The second-order valence-corrected chi connectivity index (χ2v) is 7.66. The van der Waals surface area contributed by atoms with Gasteiger partial charge in [0.1, 0.15) is 17.1 Å². The highest BCUT2D eigenvalue weighted by molar-refractivity contribution is 6.00. The van der Waals surface area contributed by atoms with Gasteiger partial charge in [-0.3, -0.25) is 9.59 Å². The number of ether oxygens (including phenoxy) is 2. The first-order chi connectivity index (χ1) is 12.4. The number of hydrogen-bond acceptors (Lipinski definition) is 5. The van der Waals surface area contributed by atoms with Crippen LogP contribution in [-0.2, 0) is 4.79 Å². The Morgan fingerprint density at radius 2 is 2.08 bits per heavy atom. The summed E-state index contributed by atoms with van der Waals surface area (Å²) in [5.74, 6) is 0.971. The molecule has 0 aromatic heterocycles. The number of nitrogens with one attached hydrogen (secondary N) is 1. The summed E-state index contributed by atoms with van der Waals surface area (Å²) >= 11 is 0. The molecule has 3 rings (SSSR count). The Labute approximate surface area is 154 Å². The van der Waals surface area contributed by atoms with Crippen molar-refractivity contribution < 1.29 is 19.1 Å². The SMILES string of the molecule is CC1(C)CC(=O)c2cc(OCC(=O)NCCCN3CCCC3)ccc2O1. The Kier molecular flexibility index (Phi) is 5.81. The monoisotopic (exact) mass is 360 g/mol. The van der Waals surface area contributed by atoms with Crippen LogP contribution in [0.4, 0.5) is 0 Å². The highest BCUT2D eigenvalue weighted by Gasteiger charge is 2.32. The van der Waals surface area contributed by atoms with Gasteiger partial charge in [0.15, 0.2) is 12.4 Å². The molecular weight excluding hydrogens is 332 g/mol. The van der Waals surface area contributed by atoms with Crippen molar-refractivity contribution in [3.8, 4) is 11.5 Å². The fourth-order valence-corrected chi connectivity index (χ4v) is 3.46. The third-order valence-corrected chi connectivity index (χ3v) is 4.77. The van der Waals surface area contributed by atoms with E-state index >= 15 is 0 Å². The third-order valence-electron chi connectivity index (χ3n) is 4.77. The molecule has 0 unspecified atom stereocenters. The molecule has 6 nitrogen and oxygen atoms in total. The molecule has 6 heteroatoms. The minimum absolute atomic E-state index is 0.0352. The minimum Gasteiger partial charge on any atom is -0.487 e. The van der Waals surface area contributed by atoms with Crippen LogP contribution < -0.4 is 14.8 Å². The Bertz CT molecular complexity index is 666. The van der Waals surface area contributed by atoms with Gasteiger partial charge in [-0.05, 0) is 70.9 Å². The summed E-state index contributed by atoms with van der Waals surface area (Å²) in [6.07, 6.45) is 3.85. The van der Waals surface area contributed by atoms with E-state index in [4.69, 9.17) is 9.47 Å². The zero-order chi connectivity index (χ0) is 18.6. The number of benzene rings is 1. The fraction of sp³-hybridized carbons (Fsp3) is 0.600. The number of amides is 1. The summed E-state index contributed by atoms with van der Waals surface area (Å²) in [7, 11) is 0. The first-order valence-electron chi connectivity index (χ1n) is 9.41. The van der Waals surface area contributed by atoms with Crippen molar-refractivity contribution in [2.24, 2.45) is 0 Å². The largest absolute Gasteiger partial charge is 0.487 e. The Hall–Kier alpha value is -2.08. The van der Waals surface area contributed by atoms with E-state index in [2.05, 4.69) is 10.2 Å². The number of rotatable bonds is 7. The van der Waals surface area contributed by atoms with Gasteiger partial charge in [-0.15, -0.1) is 0 Å². The summed E-state index contributed by atoms with van der Waals surface area (Å²) in [5.41, 5.74) is 0.0364. The maximum atomic E-state index is 12.3. The van der Waals surface area contributed by atoms with Gasteiger partial charge in [0.25, 0.3) is 5.91 Å². The maximum Gasteiger partial charge on any atom is 0.257 e. The molecule has 1 aromatic rings. The molecule has 2 aliphatic heterocycles. The number of fused-ring (bicyclic) bond motifs is 1. The van der Waals surface area contributed by atoms with Crippen LogP contribution in [0.1, 0.15) is 49.9 Å². The van der Waals surface area contributed by atoms with Crippen molar-refractivity contribution in [2.45, 2.75) is 45.1 Å². The van der Waals surface area contributed by atoms with Gasteiger partial charge in [0.05, 0.1) is 12.0 Å². The number of carbonyl (C=O) groups excluding carboxylic acids is 2. The van der Waals surface area contributed by atoms with E-state index in [0.717, 1.165) is 13.0 Å². The Morgan fingerprint density at radius 3 is 2.85 bits per heavy atom. The molecule has 26 heavy (non-hydrogen) atoms. The van der Waals surface area contributed by atoms with E-state index in [0.29, 0.717) is 30.0 Å². The lowest BCUT2D eigenvalue weighted by Crippen LogP contribution is -2.35. The van der Waals surface area contributed by atoms with E-state index in [9.17, 15) is 9.59 Å². The van der Waals surface area contributed by atoms with E-state index in [1.165, 1.54) is 25.9 Å². The number of ketones is 1. The van der Waals surface area contributed by atoms with E-state index < -0.39 is 5.60 Å². The van der Waals surface area contributed by atoms with Gasteiger partial charge in [0, 0.05) is 6.54 Å².